The van der Waals surface area contributed by atoms with E-state index in [-0.39, 0.29) is 27.6 Å². The van der Waals surface area contributed by atoms with Crippen molar-refractivity contribution in [2.45, 2.75) is 30.9 Å². The molecule has 0 aromatic heterocycles. The fourth-order valence-electron chi connectivity index (χ4n) is 3.85. The maximum Gasteiger partial charge on any atom is 0.328 e. The number of hydrogen-bond acceptors (Lipinski definition) is 5. The highest BCUT2D eigenvalue weighted by molar-refractivity contribution is 6.39. The molecule has 1 heterocycles. The Bertz CT molecular complexity index is 980. The molecule has 0 aliphatic carbocycles. The van der Waals surface area contributed by atoms with Gasteiger partial charge in [0.15, 0.2) is 0 Å². The fraction of sp³-hybridized carbons (Fsp3) is 0.360. The first-order chi connectivity index (χ1) is 15.9. The van der Waals surface area contributed by atoms with Crippen LogP contribution in [-0.4, -0.2) is 45.4 Å². The Morgan fingerprint density at radius 3 is 2.30 bits per heavy atom. The summed E-state index contributed by atoms with van der Waals surface area (Å²) in [5.74, 6) is -1.10. The summed E-state index contributed by atoms with van der Waals surface area (Å²) in [5.41, 5.74) is 1.87. The number of esters is 1. The maximum absolute atomic E-state index is 12.7. The van der Waals surface area contributed by atoms with Gasteiger partial charge in [-0.2, -0.15) is 0 Å². The molecule has 6 nitrogen and oxygen atoms in total. The molecule has 2 aromatic rings. The molecule has 1 amide bonds. The van der Waals surface area contributed by atoms with Gasteiger partial charge in [0, 0.05) is 33.2 Å². The molecule has 1 N–H and O–H groups in total. The summed E-state index contributed by atoms with van der Waals surface area (Å²) < 4.78 is 16.1. The van der Waals surface area contributed by atoms with Crippen molar-refractivity contribution in [1.82, 2.24) is 5.32 Å². The molecular formula is C25H27Cl2NO5. The number of methoxy groups -OCH3 is 2. The highest BCUT2D eigenvalue weighted by atomic mass is 35.5. The van der Waals surface area contributed by atoms with Crippen molar-refractivity contribution in [2.24, 2.45) is 0 Å². The van der Waals surface area contributed by atoms with Crippen LogP contribution in [0.3, 0.4) is 0 Å². The van der Waals surface area contributed by atoms with Gasteiger partial charge in [-0.15, -0.1) is 0 Å². The Balaban J connectivity index is 1.68. The third-order valence-corrected chi connectivity index (χ3v) is 6.42. The van der Waals surface area contributed by atoms with Crippen molar-refractivity contribution in [3.8, 4) is 0 Å². The molecule has 176 valence electrons. The van der Waals surface area contributed by atoms with Crippen LogP contribution < -0.4 is 5.32 Å². The minimum absolute atomic E-state index is 0.120. The van der Waals surface area contributed by atoms with E-state index in [1.54, 1.807) is 25.3 Å². The highest BCUT2D eigenvalue weighted by Crippen LogP contribution is 2.35. The van der Waals surface area contributed by atoms with E-state index in [9.17, 15) is 9.59 Å². The molecular weight excluding hydrogens is 465 g/mol. The lowest BCUT2D eigenvalue weighted by atomic mass is 9.86. The molecule has 2 aromatic carbocycles. The highest BCUT2D eigenvalue weighted by Gasteiger charge is 2.34. The average molecular weight is 492 g/mol. The minimum Gasteiger partial charge on any atom is -0.467 e. The number of benzene rings is 2. The monoisotopic (exact) mass is 491 g/mol. The molecule has 1 saturated heterocycles. The van der Waals surface area contributed by atoms with Crippen LogP contribution in [0, 0.1) is 0 Å². The molecule has 0 spiro atoms. The molecule has 1 atom stereocenters. The molecule has 0 radical (unpaired) electrons. The molecule has 8 heteroatoms. The summed E-state index contributed by atoms with van der Waals surface area (Å²) in [5, 5.41) is 3.07. The van der Waals surface area contributed by atoms with Crippen LogP contribution in [0.2, 0.25) is 10.0 Å². The van der Waals surface area contributed by atoms with E-state index in [1.807, 2.05) is 36.4 Å². The van der Waals surface area contributed by atoms with E-state index in [0.717, 1.165) is 24.0 Å². The summed E-state index contributed by atoms with van der Waals surface area (Å²) in [6.07, 6.45) is 5.56. The van der Waals surface area contributed by atoms with Gasteiger partial charge in [0.1, 0.15) is 6.04 Å². The predicted octanol–water partition coefficient (Wildman–Crippen LogP) is 5.02. The number of halogens is 2. The quantitative estimate of drug-likeness (QED) is 0.524. The van der Waals surface area contributed by atoms with E-state index in [0.29, 0.717) is 13.2 Å². The zero-order valence-electron chi connectivity index (χ0n) is 18.6. The number of ether oxygens (including phenoxy) is 3. The van der Waals surface area contributed by atoms with Gasteiger partial charge in [-0.3, -0.25) is 4.79 Å². The lowest BCUT2D eigenvalue weighted by Crippen LogP contribution is -2.41. The average Bonchev–Trinajstić information content (AvgIpc) is 2.83. The van der Waals surface area contributed by atoms with Gasteiger partial charge in [0.05, 0.1) is 28.3 Å². The minimum atomic E-state index is -0.885. The van der Waals surface area contributed by atoms with Crippen LogP contribution in [0.4, 0.5) is 0 Å². The molecule has 1 fully saturated rings. The predicted molar refractivity (Wildman–Crippen MR) is 129 cm³/mol. The third-order valence-electron chi connectivity index (χ3n) is 5.79. The van der Waals surface area contributed by atoms with Gasteiger partial charge in [0.2, 0.25) is 0 Å². The first-order valence-electron chi connectivity index (χ1n) is 10.6. The van der Waals surface area contributed by atoms with E-state index in [2.05, 4.69) is 5.32 Å². The number of nitrogens with one attached hydrogen (secondary N) is 1. The Labute approximate surface area is 203 Å². The second-order valence-electron chi connectivity index (χ2n) is 7.72. The van der Waals surface area contributed by atoms with Crippen LogP contribution >= 0.6 is 23.2 Å². The van der Waals surface area contributed by atoms with E-state index in [4.69, 9.17) is 37.4 Å². The van der Waals surface area contributed by atoms with Gasteiger partial charge in [0.25, 0.3) is 5.91 Å². The molecule has 1 aliphatic heterocycles. The number of carbonyl (C=O) groups excluding carboxylic acids is 2. The molecule has 1 aliphatic rings. The van der Waals surface area contributed by atoms with Crippen LogP contribution in [0.25, 0.3) is 6.08 Å². The van der Waals surface area contributed by atoms with Crippen molar-refractivity contribution in [1.29, 1.82) is 0 Å². The smallest absolute Gasteiger partial charge is 0.328 e. The van der Waals surface area contributed by atoms with Gasteiger partial charge in [-0.25, -0.2) is 4.79 Å². The molecule has 33 heavy (non-hydrogen) atoms. The zero-order valence-corrected chi connectivity index (χ0v) is 20.1. The summed E-state index contributed by atoms with van der Waals surface area (Å²) in [6.45, 7) is 1.35. The standard InChI is InChI=1S/C25H27Cl2NO5/c1-31-24(30)21(28-23(29)22-19(26)6-4-7-20(22)27)8-3-5-17-9-11-18(12-10-17)25(32-2)13-15-33-16-14-25/h3-7,9-12,21H,8,13-16H2,1-2H3,(H,28,29)/b5-3+/t21-/m0/s1. The summed E-state index contributed by atoms with van der Waals surface area (Å²) in [7, 11) is 3.00. The molecule has 0 unspecified atom stereocenters. The second-order valence-corrected chi connectivity index (χ2v) is 8.53. The van der Waals surface area contributed by atoms with Crippen molar-refractivity contribution in [2.75, 3.05) is 27.4 Å². The van der Waals surface area contributed by atoms with Crippen LogP contribution in [0.15, 0.2) is 48.5 Å². The lowest BCUT2D eigenvalue weighted by molar-refractivity contribution is -0.142. The zero-order chi connectivity index (χ0) is 23.8. The van der Waals surface area contributed by atoms with E-state index in [1.165, 1.54) is 7.11 Å². The van der Waals surface area contributed by atoms with Crippen molar-refractivity contribution < 1.29 is 23.8 Å². The SMILES string of the molecule is COC(=O)[C@H](C/C=C/c1ccc(C2(OC)CCOCC2)cc1)NC(=O)c1c(Cl)cccc1Cl. The molecule has 3 rings (SSSR count). The van der Waals surface area contributed by atoms with Gasteiger partial charge in [-0.1, -0.05) is 65.7 Å². The largest absolute Gasteiger partial charge is 0.467 e. The van der Waals surface area contributed by atoms with Gasteiger partial charge >= 0.3 is 5.97 Å². The second kappa shape index (κ2) is 11.7. The molecule has 0 saturated carbocycles. The Kier molecular flexibility index (Phi) is 8.92. The third kappa shape index (κ3) is 6.15. The van der Waals surface area contributed by atoms with Crippen LogP contribution in [0.1, 0.15) is 40.7 Å². The summed E-state index contributed by atoms with van der Waals surface area (Å²) in [4.78, 5) is 24.9. The van der Waals surface area contributed by atoms with Crippen molar-refractivity contribution in [3.05, 3.63) is 75.3 Å². The maximum atomic E-state index is 12.7. The van der Waals surface area contributed by atoms with Crippen molar-refractivity contribution >= 4 is 41.2 Å². The number of hydrogen-bond donors (Lipinski definition) is 1. The van der Waals surface area contributed by atoms with Gasteiger partial charge in [-0.05, 0) is 29.7 Å². The Morgan fingerprint density at radius 1 is 1.09 bits per heavy atom. The number of carbonyl (C=O) groups is 2. The number of rotatable bonds is 8. The topological polar surface area (TPSA) is 73.9 Å². The Morgan fingerprint density at radius 2 is 1.73 bits per heavy atom. The normalized spacial score (nSPS) is 16.4. The fourth-order valence-corrected chi connectivity index (χ4v) is 4.42. The van der Waals surface area contributed by atoms with Gasteiger partial charge < -0.3 is 19.5 Å². The van der Waals surface area contributed by atoms with E-state index >= 15 is 0 Å². The Hall–Kier alpha value is -2.38. The van der Waals surface area contributed by atoms with Crippen LogP contribution in [-0.2, 0) is 24.6 Å². The first kappa shape index (κ1) is 25.2. The lowest BCUT2D eigenvalue weighted by Gasteiger charge is -2.36. The summed E-state index contributed by atoms with van der Waals surface area (Å²) in [6, 6.07) is 12.0. The first-order valence-corrected chi connectivity index (χ1v) is 11.4. The van der Waals surface area contributed by atoms with E-state index < -0.39 is 17.9 Å². The molecule has 0 bridgehead atoms. The van der Waals surface area contributed by atoms with Crippen molar-refractivity contribution in [3.63, 3.8) is 0 Å². The number of amides is 1. The van der Waals surface area contributed by atoms with Crippen LogP contribution in [0.5, 0.6) is 0 Å². The summed E-state index contributed by atoms with van der Waals surface area (Å²) >= 11 is 12.2.